The van der Waals surface area contributed by atoms with E-state index >= 15 is 0 Å². The van der Waals surface area contributed by atoms with Gasteiger partial charge in [0, 0.05) is 0 Å². The molecule has 1 fully saturated rings. The van der Waals surface area contributed by atoms with E-state index in [9.17, 15) is 0 Å². The molecule has 0 spiro atoms. The maximum Gasteiger partial charge on any atom is 0.176 e. The zero-order valence-corrected chi connectivity index (χ0v) is 6.04. The number of rotatable bonds is 1. The largest absolute Gasteiger partial charge is 0.346 e. The summed E-state index contributed by atoms with van der Waals surface area (Å²) in [6.45, 7) is 1.54. The second-order valence-corrected chi connectivity index (χ2v) is 3.04. The summed E-state index contributed by atoms with van der Waals surface area (Å²) in [6.07, 6.45) is 0. The van der Waals surface area contributed by atoms with E-state index in [1.54, 1.807) is 0 Å². The Morgan fingerprint density at radius 3 is 2.29 bits per heavy atom. The molecule has 4 heteroatoms. The summed E-state index contributed by atoms with van der Waals surface area (Å²) >= 11 is 0. The van der Waals surface area contributed by atoms with Gasteiger partial charge in [0.15, 0.2) is 6.03 Å². The molecule has 0 amide bonds. The molecule has 0 N–H and O–H groups in total. The molecule has 1 heterocycles. The third kappa shape index (κ3) is 1.62. The average molecular weight is 138 g/mol. The Balaban J connectivity index is 2.14. The summed E-state index contributed by atoms with van der Waals surface area (Å²) in [5.41, 5.74) is 0. The molecule has 0 aromatic heterocycles. The van der Waals surface area contributed by atoms with E-state index in [-0.39, 0.29) is 6.03 Å². The minimum Gasteiger partial charge on any atom is -0.346 e. The minimum absolute atomic E-state index is 0.0880. The van der Waals surface area contributed by atoms with E-state index in [0.717, 1.165) is 13.2 Å². The highest BCUT2D eigenvalue weighted by Crippen LogP contribution is 2.31. The molecule has 7 heavy (non-hydrogen) atoms. The molecule has 1 rings (SSSR count). The maximum absolute atomic E-state index is 5.07. The molecule has 1 aliphatic heterocycles. The van der Waals surface area contributed by atoms with Gasteiger partial charge in [0.1, 0.15) is 0 Å². The third-order valence-corrected chi connectivity index (χ3v) is 2.18. The molecule has 0 aliphatic carbocycles. The van der Waals surface area contributed by atoms with Crippen molar-refractivity contribution in [1.29, 1.82) is 0 Å². The number of ether oxygens (including phenoxy) is 2. The van der Waals surface area contributed by atoms with Crippen LogP contribution in [0.1, 0.15) is 0 Å². The highest BCUT2D eigenvalue weighted by Gasteiger charge is 2.11. The Labute approximate surface area is 46.8 Å². The van der Waals surface area contributed by atoms with Gasteiger partial charge < -0.3 is 9.47 Å². The first-order valence-electron chi connectivity index (χ1n) is 2.13. The standard InChI is InChI=1S/C3H8O2P2/c6-7-3-4-1-2-5-3/h3,7H,1-2,6H2. The first kappa shape index (κ1) is 5.91. The van der Waals surface area contributed by atoms with E-state index in [1.165, 1.54) is 0 Å². The predicted octanol–water partition coefficient (Wildman–Crippen LogP) is 0.785. The second-order valence-electron chi connectivity index (χ2n) is 1.24. The topological polar surface area (TPSA) is 18.5 Å². The molecule has 0 radical (unpaired) electrons. The van der Waals surface area contributed by atoms with Gasteiger partial charge in [0.25, 0.3) is 0 Å². The molecule has 1 aliphatic rings. The fourth-order valence-corrected chi connectivity index (χ4v) is 1.46. The van der Waals surface area contributed by atoms with Gasteiger partial charge in [0.05, 0.1) is 13.2 Å². The molecule has 0 saturated carbocycles. The van der Waals surface area contributed by atoms with Crippen molar-refractivity contribution in [2.24, 2.45) is 0 Å². The summed E-state index contributed by atoms with van der Waals surface area (Å²) < 4.78 is 10.1. The van der Waals surface area contributed by atoms with Crippen molar-refractivity contribution < 1.29 is 9.47 Å². The van der Waals surface area contributed by atoms with Gasteiger partial charge in [-0.15, -0.1) is 8.93 Å². The van der Waals surface area contributed by atoms with Crippen LogP contribution in [0.3, 0.4) is 0 Å². The quantitative estimate of drug-likeness (QED) is 0.498. The minimum atomic E-state index is 0.0880. The smallest absolute Gasteiger partial charge is 0.176 e. The van der Waals surface area contributed by atoms with Crippen molar-refractivity contribution in [3.8, 4) is 0 Å². The Morgan fingerprint density at radius 2 is 2.00 bits per heavy atom. The molecule has 2 unspecified atom stereocenters. The van der Waals surface area contributed by atoms with Crippen LogP contribution >= 0.6 is 17.2 Å². The Morgan fingerprint density at radius 1 is 1.43 bits per heavy atom. The highest BCUT2D eigenvalue weighted by molar-refractivity contribution is 8.03. The Bertz CT molecular complexity index is 52.9. The van der Waals surface area contributed by atoms with Crippen LogP contribution < -0.4 is 0 Å². The molecular formula is C3H8O2P2. The summed E-state index contributed by atoms with van der Waals surface area (Å²) in [7, 11) is 3.29. The monoisotopic (exact) mass is 138 g/mol. The summed E-state index contributed by atoms with van der Waals surface area (Å²) in [5, 5.41) is 0. The lowest BCUT2D eigenvalue weighted by molar-refractivity contribution is 0.0329. The van der Waals surface area contributed by atoms with Crippen molar-refractivity contribution in [3.05, 3.63) is 0 Å². The molecular weight excluding hydrogens is 130 g/mol. The first-order chi connectivity index (χ1) is 3.43. The summed E-state index contributed by atoms with van der Waals surface area (Å²) in [4.78, 5) is 0. The molecule has 2 atom stereocenters. The van der Waals surface area contributed by atoms with Gasteiger partial charge in [-0.05, 0) is 8.27 Å². The second kappa shape index (κ2) is 2.94. The van der Waals surface area contributed by atoms with Crippen molar-refractivity contribution in [1.82, 2.24) is 0 Å². The van der Waals surface area contributed by atoms with Gasteiger partial charge in [-0.25, -0.2) is 0 Å². The van der Waals surface area contributed by atoms with Crippen LogP contribution in [0.2, 0.25) is 0 Å². The Hall–Kier alpha value is 0.780. The van der Waals surface area contributed by atoms with Crippen LogP contribution in [0.25, 0.3) is 0 Å². The van der Waals surface area contributed by atoms with Gasteiger partial charge in [0.2, 0.25) is 0 Å². The first-order valence-corrected chi connectivity index (χ1v) is 5.01. The average Bonchev–Trinajstić information content (AvgIpc) is 2.14. The SMILES string of the molecule is PPC1OCCO1. The zero-order chi connectivity index (χ0) is 5.11. The van der Waals surface area contributed by atoms with E-state index in [0.29, 0.717) is 8.27 Å². The van der Waals surface area contributed by atoms with Gasteiger partial charge in [-0.1, -0.05) is 0 Å². The van der Waals surface area contributed by atoms with Crippen molar-refractivity contribution in [2.75, 3.05) is 13.2 Å². The Kier molecular flexibility index (Phi) is 2.48. The van der Waals surface area contributed by atoms with Crippen molar-refractivity contribution >= 4 is 17.2 Å². The fraction of sp³-hybridized carbons (Fsp3) is 1.00. The number of hydrogen-bond donors (Lipinski definition) is 0. The lowest BCUT2D eigenvalue weighted by Gasteiger charge is -2.01. The van der Waals surface area contributed by atoms with Gasteiger partial charge in [-0.3, -0.25) is 0 Å². The normalized spacial score (nSPS) is 25.3. The third-order valence-electron chi connectivity index (χ3n) is 0.758. The maximum atomic E-state index is 5.07. The van der Waals surface area contributed by atoms with Gasteiger partial charge in [-0.2, -0.15) is 0 Å². The molecule has 0 bridgehead atoms. The van der Waals surface area contributed by atoms with Crippen molar-refractivity contribution in [2.45, 2.75) is 6.03 Å². The van der Waals surface area contributed by atoms with Crippen molar-refractivity contribution in [3.63, 3.8) is 0 Å². The highest BCUT2D eigenvalue weighted by atomic mass is 32.0. The van der Waals surface area contributed by atoms with Crippen LogP contribution in [0.15, 0.2) is 0 Å². The van der Waals surface area contributed by atoms with Crippen LogP contribution in [0, 0.1) is 0 Å². The van der Waals surface area contributed by atoms with E-state index in [1.807, 2.05) is 0 Å². The van der Waals surface area contributed by atoms with Crippen LogP contribution in [-0.2, 0) is 9.47 Å². The lowest BCUT2D eigenvalue weighted by Crippen LogP contribution is -1.94. The number of hydrogen-bond acceptors (Lipinski definition) is 2. The molecule has 0 aromatic rings. The summed E-state index contributed by atoms with van der Waals surface area (Å²) in [6, 6.07) is 0.0880. The fourth-order valence-electron chi connectivity index (χ4n) is 0.455. The van der Waals surface area contributed by atoms with Crippen LogP contribution in [-0.4, -0.2) is 19.2 Å². The zero-order valence-electron chi connectivity index (χ0n) is 3.89. The molecule has 1 saturated heterocycles. The van der Waals surface area contributed by atoms with E-state index in [4.69, 9.17) is 9.47 Å². The van der Waals surface area contributed by atoms with Crippen LogP contribution in [0.5, 0.6) is 0 Å². The lowest BCUT2D eigenvalue weighted by atomic mass is 10.8. The summed E-state index contributed by atoms with van der Waals surface area (Å²) in [5.74, 6) is 0. The van der Waals surface area contributed by atoms with Gasteiger partial charge >= 0.3 is 0 Å². The molecule has 0 aromatic carbocycles. The van der Waals surface area contributed by atoms with E-state index in [2.05, 4.69) is 8.93 Å². The molecule has 42 valence electrons. The predicted molar refractivity (Wildman–Crippen MR) is 33.7 cm³/mol. The van der Waals surface area contributed by atoms with E-state index < -0.39 is 0 Å². The van der Waals surface area contributed by atoms with Crippen LogP contribution in [0.4, 0.5) is 0 Å². The molecule has 2 nitrogen and oxygen atoms in total.